The minimum Gasteiger partial charge on any atom is -0.484 e. The fraction of sp³-hybridized carbons (Fsp3) is 0.273. The topological polar surface area (TPSA) is 58.6 Å². The van der Waals surface area contributed by atoms with E-state index in [1.54, 1.807) is 22.7 Å². The number of aryl methyl sites for hydroxylation is 1. The molecule has 5 nitrogen and oxygen atoms in total. The molecule has 148 valence electrons. The van der Waals surface area contributed by atoms with E-state index in [0.717, 1.165) is 17.7 Å². The summed E-state index contributed by atoms with van der Waals surface area (Å²) in [6, 6.07) is 11.8. The predicted molar refractivity (Wildman–Crippen MR) is 115 cm³/mol. The maximum Gasteiger partial charge on any atom is 0.261 e. The number of fused-ring (bicyclic) bond motifs is 2. The first-order chi connectivity index (χ1) is 14.2. The normalized spacial score (nSPS) is 18.0. The minimum atomic E-state index is -0.0279. The van der Waals surface area contributed by atoms with Gasteiger partial charge in [-0.3, -0.25) is 9.59 Å². The second-order valence-electron chi connectivity index (χ2n) is 7.21. The molecule has 1 atom stereocenters. The van der Waals surface area contributed by atoms with E-state index in [1.165, 1.54) is 15.3 Å². The summed E-state index contributed by atoms with van der Waals surface area (Å²) in [4.78, 5) is 29.1. The molecule has 0 radical (unpaired) electrons. The van der Waals surface area contributed by atoms with E-state index in [2.05, 4.69) is 28.2 Å². The fourth-order valence-corrected chi connectivity index (χ4v) is 5.77. The number of hydrogen-bond acceptors (Lipinski definition) is 5. The van der Waals surface area contributed by atoms with E-state index < -0.39 is 0 Å². The van der Waals surface area contributed by atoms with Crippen LogP contribution in [0.4, 0.5) is 5.69 Å². The second-order valence-corrected chi connectivity index (χ2v) is 9.19. The third kappa shape index (κ3) is 3.56. The van der Waals surface area contributed by atoms with Crippen molar-refractivity contribution >= 4 is 40.2 Å². The molecule has 0 saturated carbocycles. The molecule has 4 heterocycles. The van der Waals surface area contributed by atoms with Gasteiger partial charge in [0.1, 0.15) is 5.75 Å². The second kappa shape index (κ2) is 7.65. The van der Waals surface area contributed by atoms with Crippen LogP contribution in [0.25, 0.3) is 0 Å². The fourth-order valence-electron chi connectivity index (χ4n) is 4.02. The Morgan fingerprint density at radius 3 is 2.93 bits per heavy atom. The van der Waals surface area contributed by atoms with Gasteiger partial charge in [0.15, 0.2) is 6.61 Å². The Balaban J connectivity index is 1.32. The number of anilines is 1. The lowest BCUT2D eigenvalue weighted by atomic mass is 9.98. The summed E-state index contributed by atoms with van der Waals surface area (Å²) >= 11 is 3.45. The van der Waals surface area contributed by atoms with Gasteiger partial charge < -0.3 is 15.0 Å². The highest BCUT2D eigenvalue weighted by atomic mass is 32.1. The summed E-state index contributed by atoms with van der Waals surface area (Å²) in [6.45, 7) is 0.709. The van der Waals surface area contributed by atoms with E-state index in [9.17, 15) is 9.59 Å². The Kier molecular flexibility index (Phi) is 4.85. The average molecular weight is 425 g/mol. The monoisotopic (exact) mass is 424 g/mol. The highest BCUT2D eigenvalue weighted by Crippen LogP contribution is 2.39. The van der Waals surface area contributed by atoms with Crippen LogP contribution in [-0.2, 0) is 22.4 Å². The Hall–Kier alpha value is -2.64. The van der Waals surface area contributed by atoms with Gasteiger partial charge in [-0.05, 0) is 65.1 Å². The van der Waals surface area contributed by atoms with Crippen LogP contribution in [0.5, 0.6) is 5.75 Å². The van der Waals surface area contributed by atoms with Crippen molar-refractivity contribution in [2.45, 2.75) is 25.3 Å². The van der Waals surface area contributed by atoms with Crippen LogP contribution >= 0.6 is 22.7 Å². The summed E-state index contributed by atoms with van der Waals surface area (Å²) in [7, 11) is 0. The van der Waals surface area contributed by atoms with Crippen molar-refractivity contribution in [1.29, 1.82) is 0 Å². The largest absolute Gasteiger partial charge is 0.484 e. The molecule has 2 aliphatic rings. The molecule has 0 unspecified atom stereocenters. The molecule has 0 bridgehead atoms. The van der Waals surface area contributed by atoms with E-state index in [4.69, 9.17) is 4.74 Å². The number of carbonyl (C=O) groups excluding carboxylic acids is 2. The Morgan fingerprint density at radius 2 is 2.07 bits per heavy atom. The molecule has 1 N–H and O–H groups in total. The highest BCUT2D eigenvalue weighted by Gasteiger charge is 2.33. The zero-order valence-corrected chi connectivity index (χ0v) is 17.4. The number of hydrogen-bond donors (Lipinski definition) is 1. The molecular formula is C22H20N2O3S2. The summed E-state index contributed by atoms with van der Waals surface area (Å²) in [6.07, 6.45) is 2.06. The first-order valence-corrected chi connectivity index (χ1v) is 11.4. The van der Waals surface area contributed by atoms with Crippen LogP contribution in [0, 0.1) is 0 Å². The quantitative estimate of drug-likeness (QED) is 0.681. The minimum absolute atomic E-state index is 0.00644. The molecular weight excluding hydrogens is 404 g/mol. The maximum absolute atomic E-state index is 13.1. The SMILES string of the molecule is O=C1CCc2cc(OCC(=O)N3CCc4sccc4[C@@H]3c3cccs3)ccc2N1. The van der Waals surface area contributed by atoms with Gasteiger partial charge >= 0.3 is 0 Å². The van der Waals surface area contributed by atoms with Crippen LogP contribution in [-0.4, -0.2) is 29.9 Å². The van der Waals surface area contributed by atoms with Crippen LogP contribution in [0.15, 0.2) is 47.2 Å². The van der Waals surface area contributed by atoms with Gasteiger partial charge in [-0.25, -0.2) is 0 Å². The van der Waals surface area contributed by atoms with Crippen LogP contribution in [0.2, 0.25) is 0 Å². The molecule has 0 fully saturated rings. The van der Waals surface area contributed by atoms with E-state index in [0.29, 0.717) is 25.1 Å². The summed E-state index contributed by atoms with van der Waals surface area (Å²) < 4.78 is 5.85. The van der Waals surface area contributed by atoms with E-state index in [1.807, 2.05) is 29.2 Å². The van der Waals surface area contributed by atoms with Crippen molar-refractivity contribution < 1.29 is 14.3 Å². The van der Waals surface area contributed by atoms with Crippen molar-refractivity contribution in [1.82, 2.24) is 4.90 Å². The van der Waals surface area contributed by atoms with E-state index >= 15 is 0 Å². The smallest absolute Gasteiger partial charge is 0.261 e. The molecule has 2 aliphatic heterocycles. The molecule has 2 amide bonds. The van der Waals surface area contributed by atoms with Gasteiger partial charge in [-0.15, -0.1) is 22.7 Å². The third-order valence-corrected chi connectivity index (χ3v) is 7.35. The first kappa shape index (κ1) is 18.4. The van der Waals surface area contributed by atoms with Gasteiger partial charge in [0.2, 0.25) is 5.91 Å². The molecule has 0 spiro atoms. The molecule has 1 aromatic carbocycles. The summed E-state index contributed by atoms with van der Waals surface area (Å²) in [5, 5.41) is 7.03. The van der Waals surface area contributed by atoms with Gasteiger partial charge in [0.05, 0.1) is 6.04 Å². The van der Waals surface area contributed by atoms with Gasteiger partial charge in [-0.2, -0.15) is 0 Å². The Labute approximate surface area is 176 Å². The van der Waals surface area contributed by atoms with E-state index in [-0.39, 0.29) is 24.5 Å². The molecule has 0 aliphatic carbocycles. The van der Waals surface area contributed by atoms with Gasteiger partial charge in [-0.1, -0.05) is 6.07 Å². The lowest BCUT2D eigenvalue weighted by molar-refractivity contribution is -0.135. The van der Waals surface area contributed by atoms with Crippen molar-refractivity contribution in [2.24, 2.45) is 0 Å². The van der Waals surface area contributed by atoms with Crippen molar-refractivity contribution in [3.05, 3.63) is 68.0 Å². The number of rotatable bonds is 4. The summed E-state index contributed by atoms with van der Waals surface area (Å²) in [5.74, 6) is 0.694. The van der Waals surface area contributed by atoms with Gasteiger partial charge in [0.25, 0.3) is 5.91 Å². The predicted octanol–water partition coefficient (Wildman–Crippen LogP) is 4.25. The highest BCUT2D eigenvalue weighted by molar-refractivity contribution is 7.10. The Bertz CT molecular complexity index is 1060. The van der Waals surface area contributed by atoms with Crippen molar-refractivity contribution in [3.63, 3.8) is 0 Å². The molecule has 3 aromatic rings. The Morgan fingerprint density at radius 1 is 1.14 bits per heavy atom. The maximum atomic E-state index is 13.1. The number of nitrogens with zero attached hydrogens (tertiary/aromatic N) is 1. The number of amides is 2. The number of benzene rings is 1. The van der Waals surface area contributed by atoms with Crippen LogP contribution in [0.1, 0.15) is 33.3 Å². The average Bonchev–Trinajstić information content (AvgIpc) is 3.43. The number of carbonyl (C=O) groups is 2. The molecule has 2 aromatic heterocycles. The third-order valence-electron chi connectivity index (χ3n) is 5.43. The first-order valence-electron chi connectivity index (χ1n) is 9.64. The molecule has 7 heteroatoms. The zero-order valence-electron chi connectivity index (χ0n) is 15.7. The van der Waals surface area contributed by atoms with Crippen molar-refractivity contribution in [3.8, 4) is 5.75 Å². The molecule has 29 heavy (non-hydrogen) atoms. The lowest BCUT2D eigenvalue weighted by Crippen LogP contribution is -2.42. The van der Waals surface area contributed by atoms with Crippen molar-refractivity contribution in [2.75, 3.05) is 18.5 Å². The lowest BCUT2D eigenvalue weighted by Gasteiger charge is -2.35. The van der Waals surface area contributed by atoms with Crippen LogP contribution in [0.3, 0.4) is 0 Å². The number of nitrogens with one attached hydrogen (secondary N) is 1. The number of thiophene rings is 2. The molecule has 5 rings (SSSR count). The van der Waals surface area contributed by atoms with Gasteiger partial charge in [0, 0.05) is 28.4 Å². The number of ether oxygens (including phenoxy) is 1. The van der Waals surface area contributed by atoms with Crippen LogP contribution < -0.4 is 10.1 Å². The standard InChI is InChI=1S/C22H20N2O3S2/c25-20-6-3-14-12-15(4-5-17(14)23-20)27-13-21(26)24-9-7-18-16(8-11-29-18)22(24)19-2-1-10-28-19/h1-2,4-5,8,10-12,22H,3,6-7,9,13H2,(H,23,25)/t22-/m1/s1. The summed E-state index contributed by atoms with van der Waals surface area (Å²) in [5.41, 5.74) is 3.12. The molecule has 0 saturated heterocycles. The zero-order chi connectivity index (χ0) is 19.8.